The monoisotopic (exact) mass is 214 g/mol. The first-order valence-corrected chi connectivity index (χ1v) is 5.07. The maximum absolute atomic E-state index is 5.67. The zero-order valence-electron chi connectivity index (χ0n) is 9.40. The fraction of sp³-hybridized carbons (Fsp3) is 0.154. The molecule has 2 aromatic rings. The molecule has 3 heteroatoms. The average Bonchev–Trinajstić information content (AvgIpc) is 2.29. The van der Waals surface area contributed by atoms with Crippen LogP contribution in [0, 0.1) is 6.92 Å². The standard InChI is InChI=1S/C13H14N2O/c1-9-6-11(14)8-15-13(9)10-4-3-5-12(7-10)16-2/h3-8H,14H2,1-2H3. The minimum absolute atomic E-state index is 0.684. The van der Waals surface area contributed by atoms with E-state index in [1.54, 1.807) is 13.3 Å². The maximum atomic E-state index is 5.67. The van der Waals surface area contributed by atoms with Crippen molar-refractivity contribution in [3.63, 3.8) is 0 Å². The summed E-state index contributed by atoms with van der Waals surface area (Å²) in [5.41, 5.74) is 9.40. The first-order chi connectivity index (χ1) is 7.70. The topological polar surface area (TPSA) is 48.1 Å². The number of methoxy groups -OCH3 is 1. The minimum Gasteiger partial charge on any atom is -0.497 e. The van der Waals surface area contributed by atoms with E-state index in [2.05, 4.69) is 4.98 Å². The van der Waals surface area contributed by atoms with Crippen LogP contribution in [-0.4, -0.2) is 12.1 Å². The lowest BCUT2D eigenvalue weighted by Gasteiger charge is -2.07. The first kappa shape index (κ1) is 10.5. The fourth-order valence-electron chi connectivity index (χ4n) is 1.67. The number of hydrogen-bond donors (Lipinski definition) is 1. The van der Waals surface area contributed by atoms with E-state index < -0.39 is 0 Å². The Hall–Kier alpha value is -2.03. The van der Waals surface area contributed by atoms with Crippen LogP contribution in [0.5, 0.6) is 5.75 Å². The number of nitrogen functional groups attached to an aromatic ring is 1. The number of aromatic nitrogens is 1. The van der Waals surface area contributed by atoms with Crippen molar-refractivity contribution in [2.75, 3.05) is 12.8 Å². The number of hydrogen-bond acceptors (Lipinski definition) is 3. The summed E-state index contributed by atoms with van der Waals surface area (Å²) in [5.74, 6) is 0.829. The van der Waals surface area contributed by atoms with E-state index in [9.17, 15) is 0 Å². The van der Waals surface area contributed by atoms with Gasteiger partial charge in [-0.3, -0.25) is 4.98 Å². The normalized spacial score (nSPS) is 10.1. The van der Waals surface area contributed by atoms with Crippen LogP contribution in [-0.2, 0) is 0 Å². The van der Waals surface area contributed by atoms with E-state index in [0.29, 0.717) is 5.69 Å². The summed E-state index contributed by atoms with van der Waals surface area (Å²) >= 11 is 0. The van der Waals surface area contributed by atoms with Crippen LogP contribution in [0.15, 0.2) is 36.5 Å². The van der Waals surface area contributed by atoms with Gasteiger partial charge in [0.25, 0.3) is 0 Å². The Morgan fingerprint density at radius 1 is 1.25 bits per heavy atom. The summed E-state index contributed by atoms with van der Waals surface area (Å²) in [6.07, 6.45) is 1.67. The second kappa shape index (κ2) is 4.23. The molecule has 16 heavy (non-hydrogen) atoms. The van der Waals surface area contributed by atoms with Crippen molar-refractivity contribution in [2.45, 2.75) is 6.92 Å². The van der Waals surface area contributed by atoms with Gasteiger partial charge in [0.15, 0.2) is 0 Å². The third-order valence-electron chi connectivity index (χ3n) is 2.44. The Bertz CT molecular complexity index is 509. The summed E-state index contributed by atoms with van der Waals surface area (Å²) < 4.78 is 5.19. The van der Waals surface area contributed by atoms with Crippen molar-refractivity contribution >= 4 is 5.69 Å². The molecule has 1 aromatic carbocycles. The van der Waals surface area contributed by atoms with Gasteiger partial charge in [-0.25, -0.2) is 0 Å². The maximum Gasteiger partial charge on any atom is 0.119 e. The van der Waals surface area contributed by atoms with Gasteiger partial charge in [0.05, 0.1) is 24.7 Å². The number of ether oxygens (including phenoxy) is 1. The first-order valence-electron chi connectivity index (χ1n) is 5.07. The van der Waals surface area contributed by atoms with Gasteiger partial charge in [-0.1, -0.05) is 12.1 Å². The number of nitrogens with two attached hydrogens (primary N) is 1. The minimum atomic E-state index is 0.684. The highest BCUT2D eigenvalue weighted by molar-refractivity contribution is 5.66. The van der Waals surface area contributed by atoms with Crippen LogP contribution < -0.4 is 10.5 Å². The fourth-order valence-corrected chi connectivity index (χ4v) is 1.67. The van der Waals surface area contributed by atoms with Crippen LogP contribution in [0.1, 0.15) is 5.56 Å². The number of rotatable bonds is 2. The number of pyridine rings is 1. The van der Waals surface area contributed by atoms with Crippen molar-refractivity contribution in [1.82, 2.24) is 4.98 Å². The van der Waals surface area contributed by atoms with E-state index in [4.69, 9.17) is 10.5 Å². The second-order valence-electron chi connectivity index (χ2n) is 3.67. The van der Waals surface area contributed by atoms with Crippen molar-refractivity contribution in [1.29, 1.82) is 0 Å². The molecule has 0 aliphatic carbocycles. The Kier molecular flexibility index (Phi) is 2.77. The lowest BCUT2D eigenvalue weighted by atomic mass is 10.1. The molecule has 0 aliphatic heterocycles. The predicted molar refractivity (Wildman–Crippen MR) is 65.4 cm³/mol. The summed E-state index contributed by atoms with van der Waals surface area (Å²) in [4.78, 5) is 4.34. The SMILES string of the molecule is COc1cccc(-c2ncc(N)cc2C)c1. The van der Waals surface area contributed by atoms with Crippen molar-refractivity contribution < 1.29 is 4.74 Å². The zero-order valence-corrected chi connectivity index (χ0v) is 9.40. The van der Waals surface area contributed by atoms with Crippen molar-refractivity contribution in [2.24, 2.45) is 0 Å². The van der Waals surface area contributed by atoms with Gasteiger partial charge in [-0.05, 0) is 30.7 Å². The molecule has 0 amide bonds. The van der Waals surface area contributed by atoms with Gasteiger partial charge >= 0.3 is 0 Å². The number of nitrogens with zero attached hydrogens (tertiary/aromatic N) is 1. The molecular weight excluding hydrogens is 200 g/mol. The molecule has 82 valence electrons. The third-order valence-corrected chi connectivity index (χ3v) is 2.44. The van der Waals surface area contributed by atoms with Crippen LogP contribution >= 0.6 is 0 Å². The highest BCUT2D eigenvalue weighted by Crippen LogP contribution is 2.25. The Balaban J connectivity index is 2.49. The number of benzene rings is 1. The molecule has 2 rings (SSSR count). The molecule has 0 radical (unpaired) electrons. The lowest BCUT2D eigenvalue weighted by molar-refractivity contribution is 0.415. The molecule has 0 saturated carbocycles. The van der Waals surface area contributed by atoms with Gasteiger partial charge in [0.1, 0.15) is 5.75 Å². The highest BCUT2D eigenvalue weighted by Gasteiger charge is 2.04. The molecular formula is C13H14N2O. The van der Waals surface area contributed by atoms with E-state index >= 15 is 0 Å². The summed E-state index contributed by atoms with van der Waals surface area (Å²) in [6.45, 7) is 2.00. The number of anilines is 1. The van der Waals surface area contributed by atoms with Gasteiger partial charge < -0.3 is 10.5 Å². The van der Waals surface area contributed by atoms with Gasteiger partial charge in [-0.2, -0.15) is 0 Å². The van der Waals surface area contributed by atoms with Crippen LogP contribution in [0.25, 0.3) is 11.3 Å². The molecule has 0 saturated heterocycles. The zero-order chi connectivity index (χ0) is 11.5. The van der Waals surface area contributed by atoms with E-state index in [0.717, 1.165) is 22.6 Å². The van der Waals surface area contributed by atoms with Crippen molar-refractivity contribution in [3.8, 4) is 17.0 Å². The number of aryl methyl sites for hydroxylation is 1. The van der Waals surface area contributed by atoms with Gasteiger partial charge in [0, 0.05) is 5.56 Å². The molecule has 0 bridgehead atoms. The van der Waals surface area contributed by atoms with Gasteiger partial charge in [-0.15, -0.1) is 0 Å². The summed E-state index contributed by atoms with van der Waals surface area (Å²) in [5, 5.41) is 0. The lowest BCUT2D eigenvalue weighted by Crippen LogP contribution is -1.93. The molecule has 0 atom stereocenters. The van der Waals surface area contributed by atoms with E-state index in [1.165, 1.54) is 0 Å². The molecule has 3 nitrogen and oxygen atoms in total. The highest BCUT2D eigenvalue weighted by atomic mass is 16.5. The van der Waals surface area contributed by atoms with E-state index in [1.807, 2.05) is 37.3 Å². The largest absolute Gasteiger partial charge is 0.497 e. The smallest absolute Gasteiger partial charge is 0.119 e. The molecule has 0 unspecified atom stereocenters. The Morgan fingerprint density at radius 3 is 2.75 bits per heavy atom. The third kappa shape index (κ3) is 1.98. The molecule has 1 heterocycles. The quantitative estimate of drug-likeness (QED) is 0.836. The van der Waals surface area contributed by atoms with Crippen LogP contribution in [0.3, 0.4) is 0 Å². The van der Waals surface area contributed by atoms with Crippen molar-refractivity contribution in [3.05, 3.63) is 42.1 Å². The van der Waals surface area contributed by atoms with Gasteiger partial charge in [0.2, 0.25) is 0 Å². The molecule has 0 fully saturated rings. The summed E-state index contributed by atoms with van der Waals surface area (Å²) in [6, 6.07) is 9.75. The average molecular weight is 214 g/mol. The Morgan fingerprint density at radius 2 is 2.06 bits per heavy atom. The molecule has 0 spiro atoms. The Labute approximate surface area is 94.9 Å². The molecule has 2 N–H and O–H groups in total. The second-order valence-corrected chi connectivity index (χ2v) is 3.67. The molecule has 1 aromatic heterocycles. The van der Waals surface area contributed by atoms with E-state index in [-0.39, 0.29) is 0 Å². The van der Waals surface area contributed by atoms with Crippen LogP contribution in [0.2, 0.25) is 0 Å². The predicted octanol–water partition coefficient (Wildman–Crippen LogP) is 2.65. The van der Waals surface area contributed by atoms with Crippen LogP contribution in [0.4, 0.5) is 5.69 Å². The summed E-state index contributed by atoms with van der Waals surface area (Å²) in [7, 11) is 1.66. The molecule has 0 aliphatic rings.